The van der Waals surface area contributed by atoms with Crippen LogP contribution in [0.15, 0.2) is 71.6 Å². The zero-order valence-electron chi connectivity index (χ0n) is 14.6. The monoisotopic (exact) mass is 413 g/mol. The van der Waals surface area contributed by atoms with Gasteiger partial charge in [-0.25, -0.2) is 13.2 Å². The minimum Gasteiger partial charge on any atom is -0.461 e. The van der Waals surface area contributed by atoms with E-state index in [0.717, 1.165) is 22.3 Å². The fraction of sp³-hybridized carbons (Fsp3) is 0.0952. The summed E-state index contributed by atoms with van der Waals surface area (Å²) >= 11 is 0. The topological polar surface area (TPSA) is 86.5 Å². The fourth-order valence-corrected chi connectivity index (χ4v) is 4.57. The van der Waals surface area contributed by atoms with E-state index in [4.69, 9.17) is 21.2 Å². The Balaban J connectivity index is 1.57. The van der Waals surface area contributed by atoms with Crippen molar-refractivity contribution in [3.63, 3.8) is 0 Å². The number of hydrogen-bond acceptors (Lipinski definition) is 5. The maximum atomic E-state index is 12.5. The molecular weight excluding hydrogens is 398 g/mol. The van der Waals surface area contributed by atoms with Gasteiger partial charge in [-0.15, -0.1) is 0 Å². The molecule has 28 heavy (non-hydrogen) atoms. The van der Waals surface area contributed by atoms with Crippen molar-refractivity contribution in [2.75, 3.05) is 12.3 Å². The average molecular weight is 414 g/mol. The summed E-state index contributed by atoms with van der Waals surface area (Å²) in [7, 11) is 1.34. The van der Waals surface area contributed by atoms with E-state index < -0.39 is 15.0 Å². The van der Waals surface area contributed by atoms with Crippen LogP contribution in [0, 0.1) is 0 Å². The van der Waals surface area contributed by atoms with Gasteiger partial charge in [0.15, 0.2) is 0 Å². The summed E-state index contributed by atoms with van der Waals surface area (Å²) in [6.45, 7) is 0.169. The summed E-state index contributed by atoms with van der Waals surface area (Å²) in [4.78, 5) is 12.2. The molecule has 0 atom stereocenters. The van der Waals surface area contributed by atoms with E-state index in [1.165, 1.54) is 18.2 Å². The van der Waals surface area contributed by atoms with Crippen LogP contribution in [0.3, 0.4) is 0 Å². The Morgan fingerprint density at radius 1 is 0.964 bits per heavy atom. The van der Waals surface area contributed by atoms with E-state index in [1.54, 1.807) is 0 Å². The number of nitrogens with two attached hydrogens (primary N) is 1. The Kier molecular flexibility index (Phi) is 4.61. The van der Waals surface area contributed by atoms with E-state index in [9.17, 15) is 13.2 Å². The predicted molar refractivity (Wildman–Crippen MR) is 108 cm³/mol. The lowest BCUT2D eigenvalue weighted by molar-refractivity contribution is 0.0493. The van der Waals surface area contributed by atoms with Crippen molar-refractivity contribution in [3.8, 4) is 11.1 Å². The molecule has 7 heteroatoms. The molecule has 3 aromatic rings. The van der Waals surface area contributed by atoms with Gasteiger partial charge in [0, 0.05) is 16.6 Å². The molecule has 142 valence electrons. The molecular formula is C21H16ClNO4S. The van der Waals surface area contributed by atoms with Crippen molar-refractivity contribution >= 4 is 31.4 Å². The van der Waals surface area contributed by atoms with E-state index in [0.29, 0.717) is 0 Å². The van der Waals surface area contributed by atoms with E-state index >= 15 is 0 Å². The molecule has 0 radical (unpaired) electrons. The lowest BCUT2D eigenvalue weighted by Crippen LogP contribution is -2.13. The molecule has 0 bridgehead atoms. The van der Waals surface area contributed by atoms with Crippen LogP contribution in [-0.4, -0.2) is 21.0 Å². The first-order chi connectivity index (χ1) is 13.4. The maximum Gasteiger partial charge on any atom is 0.338 e. The third-order valence-corrected chi connectivity index (χ3v) is 6.25. The molecule has 0 amide bonds. The van der Waals surface area contributed by atoms with Gasteiger partial charge < -0.3 is 10.5 Å². The Hall–Kier alpha value is -2.83. The summed E-state index contributed by atoms with van der Waals surface area (Å²) in [5.41, 5.74) is 10.3. The lowest BCUT2D eigenvalue weighted by Gasteiger charge is -2.14. The van der Waals surface area contributed by atoms with Gasteiger partial charge in [-0.2, -0.15) is 0 Å². The fourth-order valence-electron chi connectivity index (χ4n) is 3.58. The highest BCUT2D eigenvalue weighted by Crippen LogP contribution is 2.44. The lowest BCUT2D eigenvalue weighted by atomic mass is 9.98. The molecule has 0 aliphatic heterocycles. The Bertz CT molecular complexity index is 1150. The smallest absolute Gasteiger partial charge is 0.338 e. The largest absolute Gasteiger partial charge is 0.461 e. The van der Waals surface area contributed by atoms with Crippen molar-refractivity contribution < 1.29 is 17.9 Å². The summed E-state index contributed by atoms with van der Waals surface area (Å²) in [6.07, 6.45) is 0. The highest BCUT2D eigenvalue weighted by Gasteiger charge is 2.29. The van der Waals surface area contributed by atoms with E-state index in [2.05, 4.69) is 12.1 Å². The van der Waals surface area contributed by atoms with Crippen molar-refractivity contribution in [2.45, 2.75) is 10.8 Å². The number of carbonyl (C=O) groups excluding carboxylic acids is 1. The number of carbonyl (C=O) groups is 1. The van der Waals surface area contributed by atoms with Crippen molar-refractivity contribution in [3.05, 3.63) is 83.4 Å². The molecule has 4 rings (SSSR count). The van der Waals surface area contributed by atoms with Crippen molar-refractivity contribution in [2.24, 2.45) is 0 Å². The van der Waals surface area contributed by atoms with Gasteiger partial charge >= 0.3 is 5.97 Å². The molecule has 0 saturated heterocycles. The molecule has 5 nitrogen and oxygen atoms in total. The minimum atomic E-state index is -3.97. The van der Waals surface area contributed by atoms with Crippen LogP contribution in [0.1, 0.15) is 27.4 Å². The zero-order valence-corrected chi connectivity index (χ0v) is 16.2. The number of fused-ring (bicyclic) bond motifs is 3. The standard InChI is InChI=1S/C21H16ClNO4S/c22-28(25,26)20-10-9-13(11-19(20)23)21(24)27-12-18-16-7-3-1-5-14(16)15-6-2-4-8-17(15)18/h1-11,18H,12,23H2. The molecule has 0 spiro atoms. The molecule has 0 heterocycles. The van der Waals surface area contributed by atoms with Gasteiger partial charge in [-0.1, -0.05) is 48.5 Å². The number of esters is 1. The van der Waals surface area contributed by atoms with Crippen LogP contribution in [-0.2, 0) is 13.8 Å². The van der Waals surface area contributed by atoms with Crippen LogP contribution in [0.5, 0.6) is 0 Å². The SMILES string of the molecule is Nc1cc(C(=O)OCC2c3ccccc3-c3ccccc32)ccc1S(=O)(=O)Cl. The Morgan fingerprint density at radius 2 is 1.54 bits per heavy atom. The van der Waals surface area contributed by atoms with Crippen molar-refractivity contribution in [1.29, 1.82) is 0 Å². The maximum absolute atomic E-state index is 12.5. The second kappa shape index (κ2) is 6.96. The summed E-state index contributed by atoms with van der Waals surface area (Å²) in [5.74, 6) is -0.636. The Labute approximate surface area is 167 Å². The highest BCUT2D eigenvalue weighted by molar-refractivity contribution is 8.13. The zero-order chi connectivity index (χ0) is 19.9. The first-order valence-corrected chi connectivity index (χ1v) is 10.9. The quantitative estimate of drug-likeness (QED) is 0.394. The molecule has 3 aromatic carbocycles. The van der Waals surface area contributed by atoms with Gasteiger partial charge in [-0.05, 0) is 40.5 Å². The van der Waals surface area contributed by atoms with Crippen LogP contribution in [0.2, 0.25) is 0 Å². The number of benzene rings is 3. The summed E-state index contributed by atoms with van der Waals surface area (Å²) < 4.78 is 28.4. The second-order valence-corrected chi connectivity index (χ2v) is 9.05. The first kappa shape index (κ1) is 18.5. The predicted octanol–water partition coefficient (Wildman–Crippen LogP) is 4.17. The molecule has 0 unspecified atom stereocenters. The van der Waals surface area contributed by atoms with E-state index in [1.807, 2.05) is 36.4 Å². The van der Waals surface area contributed by atoms with Gasteiger partial charge in [-0.3, -0.25) is 0 Å². The van der Waals surface area contributed by atoms with Crippen LogP contribution in [0.25, 0.3) is 11.1 Å². The number of hydrogen-bond donors (Lipinski definition) is 1. The average Bonchev–Trinajstić information content (AvgIpc) is 2.99. The first-order valence-electron chi connectivity index (χ1n) is 8.56. The van der Waals surface area contributed by atoms with Crippen LogP contribution >= 0.6 is 10.7 Å². The molecule has 0 aromatic heterocycles. The van der Waals surface area contributed by atoms with Gasteiger partial charge in [0.1, 0.15) is 11.5 Å². The number of anilines is 1. The third-order valence-electron chi connectivity index (χ3n) is 4.85. The summed E-state index contributed by atoms with van der Waals surface area (Å²) in [5, 5.41) is 0. The minimum absolute atomic E-state index is 0.0591. The molecule has 0 fully saturated rings. The van der Waals surface area contributed by atoms with Gasteiger partial charge in [0.2, 0.25) is 0 Å². The van der Waals surface area contributed by atoms with Crippen LogP contribution < -0.4 is 5.73 Å². The second-order valence-electron chi connectivity index (χ2n) is 6.52. The number of nitrogen functional groups attached to an aromatic ring is 1. The molecule has 1 aliphatic rings. The van der Waals surface area contributed by atoms with E-state index in [-0.39, 0.29) is 28.7 Å². The number of ether oxygens (including phenoxy) is 1. The Morgan fingerprint density at radius 3 is 2.07 bits per heavy atom. The van der Waals surface area contributed by atoms with Crippen LogP contribution in [0.4, 0.5) is 5.69 Å². The normalized spacial score (nSPS) is 13.0. The molecule has 0 saturated carbocycles. The molecule has 1 aliphatic carbocycles. The highest BCUT2D eigenvalue weighted by atomic mass is 35.7. The third kappa shape index (κ3) is 3.25. The van der Waals surface area contributed by atoms with Crippen molar-refractivity contribution in [1.82, 2.24) is 0 Å². The van der Waals surface area contributed by atoms with Gasteiger partial charge in [0.05, 0.1) is 11.3 Å². The number of halogens is 1. The van der Waals surface area contributed by atoms with Gasteiger partial charge in [0.25, 0.3) is 9.05 Å². The summed E-state index contributed by atoms with van der Waals surface area (Å²) in [6, 6.07) is 19.9. The number of rotatable bonds is 4. The molecule has 2 N–H and O–H groups in total.